The van der Waals surface area contributed by atoms with Crippen molar-refractivity contribution in [3.8, 4) is 23.1 Å². The maximum absolute atomic E-state index is 5.93. The number of hydrogen-bond acceptors (Lipinski definition) is 4. The van der Waals surface area contributed by atoms with Gasteiger partial charge >= 0.3 is 0 Å². The van der Waals surface area contributed by atoms with Gasteiger partial charge in [-0.3, -0.25) is 0 Å². The van der Waals surface area contributed by atoms with Gasteiger partial charge in [0.25, 0.3) is 0 Å². The number of benzene rings is 2. The maximum atomic E-state index is 5.93. The maximum Gasteiger partial charge on any atom is 0.213 e. The standard InChI is InChI=1S/C23H25NO3/c1-17(2)19-10-12-20(13-11-19)27-22-8-6-7-21(15-22)25-16-18(3)26-23-9-4-5-14-24-23/h4-15,17-18H,16H2,1-3H3. The summed E-state index contributed by atoms with van der Waals surface area (Å²) in [6.45, 7) is 6.72. The second kappa shape index (κ2) is 9.08. The van der Waals surface area contributed by atoms with Crippen molar-refractivity contribution >= 4 is 0 Å². The van der Waals surface area contributed by atoms with Crippen LogP contribution in [0.25, 0.3) is 0 Å². The summed E-state index contributed by atoms with van der Waals surface area (Å²) in [5, 5.41) is 0. The molecule has 3 rings (SSSR count). The number of aromatic nitrogens is 1. The Bertz CT molecular complexity index is 832. The smallest absolute Gasteiger partial charge is 0.213 e. The molecule has 0 N–H and O–H groups in total. The minimum atomic E-state index is -0.118. The second-order valence-electron chi connectivity index (χ2n) is 6.71. The molecule has 2 aromatic carbocycles. The van der Waals surface area contributed by atoms with Gasteiger partial charge in [-0.05, 0) is 48.7 Å². The third kappa shape index (κ3) is 5.74. The van der Waals surface area contributed by atoms with Crippen molar-refractivity contribution in [2.24, 2.45) is 0 Å². The number of pyridine rings is 1. The summed E-state index contributed by atoms with van der Waals surface area (Å²) in [5.41, 5.74) is 1.29. The predicted octanol–water partition coefficient (Wildman–Crippen LogP) is 5.84. The minimum Gasteiger partial charge on any atom is -0.490 e. The van der Waals surface area contributed by atoms with E-state index in [0.717, 1.165) is 17.2 Å². The molecule has 4 heteroatoms. The van der Waals surface area contributed by atoms with Crippen molar-refractivity contribution in [2.75, 3.05) is 6.61 Å². The topological polar surface area (TPSA) is 40.6 Å². The highest BCUT2D eigenvalue weighted by Gasteiger charge is 2.07. The Morgan fingerprint density at radius 2 is 1.59 bits per heavy atom. The highest BCUT2D eigenvalue weighted by atomic mass is 16.5. The molecule has 0 saturated heterocycles. The minimum absolute atomic E-state index is 0.118. The van der Waals surface area contributed by atoms with Crippen molar-refractivity contribution in [3.05, 3.63) is 78.5 Å². The molecule has 0 radical (unpaired) electrons. The molecule has 1 aromatic heterocycles. The fraction of sp³-hybridized carbons (Fsp3) is 0.261. The van der Waals surface area contributed by atoms with Crippen LogP contribution in [0.4, 0.5) is 0 Å². The Morgan fingerprint density at radius 3 is 2.30 bits per heavy atom. The lowest BCUT2D eigenvalue weighted by Gasteiger charge is -2.15. The third-order valence-corrected chi connectivity index (χ3v) is 4.03. The average molecular weight is 363 g/mol. The Morgan fingerprint density at radius 1 is 0.815 bits per heavy atom. The van der Waals surface area contributed by atoms with Crippen LogP contribution in [0.3, 0.4) is 0 Å². The summed E-state index contributed by atoms with van der Waals surface area (Å²) in [5.74, 6) is 3.39. The molecular weight excluding hydrogens is 338 g/mol. The Labute approximate surface area is 160 Å². The summed E-state index contributed by atoms with van der Waals surface area (Å²) in [7, 11) is 0. The van der Waals surface area contributed by atoms with Gasteiger partial charge in [0.05, 0.1) is 0 Å². The van der Waals surface area contributed by atoms with E-state index in [2.05, 4.69) is 31.0 Å². The highest BCUT2D eigenvalue weighted by molar-refractivity contribution is 5.38. The van der Waals surface area contributed by atoms with Crippen molar-refractivity contribution in [1.29, 1.82) is 0 Å². The van der Waals surface area contributed by atoms with E-state index in [1.165, 1.54) is 5.56 Å². The van der Waals surface area contributed by atoms with Gasteiger partial charge in [0.1, 0.15) is 30.0 Å². The van der Waals surface area contributed by atoms with E-state index >= 15 is 0 Å². The van der Waals surface area contributed by atoms with Gasteiger partial charge in [-0.1, -0.05) is 38.1 Å². The van der Waals surface area contributed by atoms with Gasteiger partial charge in [0.2, 0.25) is 5.88 Å². The normalized spacial score (nSPS) is 11.9. The van der Waals surface area contributed by atoms with E-state index in [9.17, 15) is 0 Å². The molecule has 27 heavy (non-hydrogen) atoms. The summed E-state index contributed by atoms with van der Waals surface area (Å²) < 4.78 is 17.5. The molecule has 1 atom stereocenters. The number of nitrogens with zero attached hydrogens (tertiary/aromatic N) is 1. The SMILES string of the molecule is CC(COc1cccc(Oc2ccc(C(C)C)cc2)c1)Oc1ccccn1. The molecule has 1 heterocycles. The largest absolute Gasteiger partial charge is 0.490 e. The lowest BCUT2D eigenvalue weighted by atomic mass is 10.0. The van der Waals surface area contributed by atoms with Crippen LogP contribution < -0.4 is 14.2 Å². The fourth-order valence-electron chi connectivity index (χ4n) is 2.55. The third-order valence-electron chi connectivity index (χ3n) is 4.03. The predicted molar refractivity (Wildman–Crippen MR) is 107 cm³/mol. The van der Waals surface area contributed by atoms with Crippen LogP contribution in [0.5, 0.6) is 23.1 Å². The summed E-state index contributed by atoms with van der Waals surface area (Å²) >= 11 is 0. The van der Waals surface area contributed by atoms with E-state index in [0.29, 0.717) is 18.4 Å². The van der Waals surface area contributed by atoms with Crippen LogP contribution >= 0.6 is 0 Å². The van der Waals surface area contributed by atoms with E-state index in [1.54, 1.807) is 6.20 Å². The molecule has 0 aliphatic rings. The lowest BCUT2D eigenvalue weighted by molar-refractivity contribution is 0.138. The van der Waals surface area contributed by atoms with E-state index in [4.69, 9.17) is 14.2 Å². The zero-order valence-electron chi connectivity index (χ0n) is 16.0. The molecule has 0 aliphatic heterocycles. The molecule has 0 amide bonds. The Hall–Kier alpha value is -3.01. The van der Waals surface area contributed by atoms with Crippen molar-refractivity contribution in [2.45, 2.75) is 32.8 Å². The van der Waals surface area contributed by atoms with Crippen LogP contribution in [0, 0.1) is 0 Å². The molecule has 0 bridgehead atoms. The first-order valence-corrected chi connectivity index (χ1v) is 9.18. The van der Waals surface area contributed by atoms with Crippen LogP contribution in [-0.4, -0.2) is 17.7 Å². The Balaban J connectivity index is 1.55. The summed E-state index contributed by atoms with van der Waals surface area (Å²) in [4.78, 5) is 4.15. The van der Waals surface area contributed by atoms with Crippen LogP contribution in [0.1, 0.15) is 32.3 Å². The molecule has 0 spiro atoms. The van der Waals surface area contributed by atoms with Crippen molar-refractivity contribution < 1.29 is 14.2 Å². The van der Waals surface area contributed by atoms with E-state index in [-0.39, 0.29) is 6.10 Å². The van der Waals surface area contributed by atoms with Gasteiger partial charge in [-0.25, -0.2) is 4.98 Å². The Kier molecular flexibility index (Phi) is 6.31. The van der Waals surface area contributed by atoms with Crippen LogP contribution in [0.2, 0.25) is 0 Å². The molecule has 140 valence electrons. The number of rotatable bonds is 8. The zero-order valence-corrected chi connectivity index (χ0v) is 16.0. The molecule has 0 fully saturated rings. The van der Waals surface area contributed by atoms with E-state index in [1.807, 2.05) is 61.5 Å². The lowest BCUT2D eigenvalue weighted by Crippen LogP contribution is -2.21. The first-order valence-electron chi connectivity index (χ1n) is 9.18. The highest BCUT2D eigenvalue weighted by Crippen LogP contribution is 2.27. The average Bonchev–Trinajstić information content (AvgIpc) is 2.68. The first-order chi connectivity index (χ1) is 13.1. The van der Waals surface area contributed by atoms with Crippen LogP contribution in [-0.2, 0) is 0 Å². The zero-order chi connectivity index (χ0) is 19.1. The quantitative estimate of drug-likeness (QED) is 0.504. The van der Waals surface area contributed by atoms with Gasteiger partial charge in [0, 0.05) is 18.3 Å². The molecular formula is C23H25NO3. The summed E-state index contributed by atoms with van der Waals surface area (Å²) in [6.07, 6.45) is 1.59. The van der Waals surface area contributed by atoms with Gasteiger partial charge in [-0.2, -0.15) is 0 Å². The number of hydrogen-bond donors (Lipinski definition) is 0. The molecule has 0 aliphatic carbocycles. The molecule has 4 nitrogen and oxygen atoms in total. The fourth-order valence-corrected chi connectivity index (χ4v) is 2.55. The second-order valence-corrected chi connectivity index (χ2v) is 6.71. The first kappa shape index (κ1) is 18.8. The van der Waals surface area contributed by atoms with Crippen molar-refractivity contribution in [3.63, 3.8) is 0 Å². The molecule has 1 unspecified atom stereocenters. The molecule has 0 saturated carbocycles. The number of ether oxygens (including phenoxy) is 3. The monoisotopic (exact) mass is 363 g/mol. The van der Waals surface area contributed by atoms with Gasteiger partial charge in [0.15, 0.2) is 0 Å². The van der Waals surface area contributed by atoms with Crippen LogP contribution in [0.15, 0.2) is 72.9 Å². The molecule has 3 aromatic rings. The summed E-state index contributed by atoms with van der Waals surface area (Å²) in [6, 6.07) is 21.4. The van der Waals surface area contributed by atoms with E-state index < -0.39 is 0 Å². The van der Waals surface area contributed by atoms with Gasteiger partial charge < -0.3 is 14.2 Å². The van der Waals surface area contributed by atoms with Crippen molar-refractivity contribution in [1.82, 2.24) is 4.98 Å². The van der Waals surface area contributed by atoms with Gasteiger partial charge in [-0.15, -0.1) is 0 Å².